The van der Waals surface area contributed by atoms with Gasteiger partial charge in [-0.3, -0.25) is 4.79 Å². The van der Waals surface area contributed by atoms with Gasteiger partial charge < -0.3 is 19.7 Å². The smallest absolute Gasteiger partial charge is 0.229 e. The van der Waals surface area contributed by atoms with Crippen LogP contribution in [0.5, 0.6) is 0 Å². The molecule has 1 unspecified atom stereocenters. The van der Waals surface area contributed by atoms with Crippen molar-refractivity contribution in [2.45, 2.75) is 63.3 Å². The lowest BCUT2D eigenvalue weighted by molar-refractivity contribution is -0.945. The number of rotatable bonds is 6. The van der Waals surface area contributed by atoms with Crippen LogP contribution in [-0.2, 0) is 23.5 Å². The van der Waals surface area contributed by atoms with E-state index >= 15 is 0 Å². The number of quaternary nitrogens is 1. The average Bonchev–Trinajstić information content (AvgIpc) is 3.49. The van der Waals surface area contributed by atoms with Crippen LogP contribution in [-0.4, -0.2) is 45.1 Å². The molecule has 4 aliphatic rings. The van der Waals surface area contributed by atoms with Crippen LogP contribution in [0, 0.1) is 11.8 Å². The third kappa shape index (κ3) is 3.71. The van der Waals surface area contributed by atoms with Crippen LogP contribution in [0.3, 0.4) is 0 Å². The summed E-state index contributed by atoms with van der Waals surface area (Å²) >= 11 is 0. The summed E-state index contributed by atoms with van der Waals surface area (Å²) in [5, 5.41) is 22.3. The Morgan fingerprint density at radius 2 is 2.28 bits per heavy atom. The monoisotopic (exact) mass is 400 g/mol. The maximum atomic E-state index is 12.7. The Morgan fingerprint density at radius 1 is 1.41 bits per heavy atom. The number of carbonyl (C=O) groups is 1. The highest BCUT2D eigenvalue weighted by atomic mass is 16.3. The first-order valence-corrected chi connectivity index (χ1v) is 10.9. The number of amides is 1. The van der Waals surface area contributed by atoms with Gasteiger partial charge in [0.1, 0.15) is 23.1 Å². The van der Waals surface area contributed by atoms with Gasteiger partial charge >= 0.3 is 0 Å². The van der Waals surface area contributed by atoms with Crippen molar-refractivity contribution in [1.29, 1.82) is 0 Å². The van der Waals surface area contributed by atoms with Crippen LogP contribution in [0.4, 0.5) is 0 Å². The zero-order valence-corrected chi connectivity index (χ0v) is 16.7. The fourth-order valence-corrected chi connectivity index (χ4v) is 5.58. The number of fused-ring (bicyclic) bond motifs is 3. The van der Waals surface area contributed by atoms with E-state index in [2.05, 4.69) is 15.6 Å². The van der Waals surface area contributed by atoms with Crippen molar-refractivity contribution >= 4 is 5.91 Å². The lowest BCUT2D eigenvalue weighted by atomic mass is 9.75. The number of hydrogen-bond acceptors (Lipinski definition) is 5. The molecule has 5 heterocycles. The second-order valence-electron chi connectivity index (χ2n) is 9.06. The summed E-state index contributed by atoms with van der Waals surface area (Å²) in [5.41, 5.74) is -0.0649. The predicted octanol–water partition coefficient (Wildman–Crippen LogP) is 0.242. The Bertz CT molecular complexity index is 842. The van der Waals surface area contributed by atoms with E-state index in [1.165, 1.54) is 4.90 Å². The number of nitrogens with one attached hydrogen (secondary N) is 2. The number of carbonyl (C=O) groups excluding carboxylic acids is 1. The first-order chi connectivity index (χ1) is 14.1. The van der Waals surface area contributed by atoms with Crippen LogP contribution in [0.15, 0.2) is 29.0 Å². The summed E-state index contributed by atoms with van der Waals surface area (Å²) in [6.45, 7) is 3.25. The number of nitrogens with zero attached hydrogens (tertiary/aromatic N) is 3. The van der Waals surface area contributed by atoms with E-state index in [1.807, 2.05) is 23.0 Å². The maximum Gasteiger partial charge on any atom is 0.229 e. The third-order valence-corrected chi connectivity index (χ3v) is 7.26. The van der Waals surface area contributed by atoms with Gasteiger partial charge in [-0.1, -0.05) is 18.1 Å². The highest BCUT2D eigenvalue weighted by Gasteiger charge is 2.46. The topological polar surface area (TPSA) is 97.6 Å². The fraction of sp³-hybridized carbons (Fsp3) is 0.667. The molecule has 2 bridgehead atoms. The number of aliphatic hydroxyl groups is 1. The van der Waals surface area contributed by atoms with E-state index in [-0.39, 0.29) is 11.8 Å². The molecular formula is C21H30N5O3+. The molecule has 0 radical (unpaired) electrons. The minimum Gasteiger partial charge on any atom is -0.467 e. The van der Waals surface area contributed by atoms with Crippen LogP contribution in [0.1, 0.15) is 50.0 Å². The molecule has 3 N–H and O–H groups in total. The van der Waals surface area contributed by atoms with Gasteiger partial charge in [0.25, 0.3) is 0 Å². The molecule has 6 rings (SSSR count). The average molecular weight is 401 g/mol. The first-order valence-electron chi connectivity index (χ1n) is 10.9. The van der Waals surface area contributed by atoms with Gasteiger partial charge in [-0.25, -0.2) is 4.68 Å². The summed E-state index contributed by atoms with van der Waals surface area (Å²) in [6, 6.07) is 4.17. The highest BCUT2D eigenvalue weighted by Crippen LogP contribution is 2.37. The quantitative estimate of drug-likeness (QED) is 0.646. The van der Waals surface area contributed by atoms with Crippen LogP contribution < -0.4 is 10.2 Å². The van der Waals surface area contributed by atoms with Crippen LogP contribution >= 0.6 is 0 Å². The molecule has 0 aromatic carbocycles. The second-order valence-corrected chi connectivity index (χ2v) is 9.06. The van der Waals surface area contributed by atoms with E-state index < -0.39 is 5.60 Å². The number of furan rings is 1. The molecule has 156 valence electrons. The Balaban J connectivity index is 1.18. The van der Waals surface area contributed by atoms with Crippen LogP contribution in [0.2, 0.25) is 0 Å². The highest BCUT2D eigenvalue weighted by molar-refractivity contribution is 5.79. The van der Waals surface area contributed by atoms with E-state index in [0.29, 0.717) is 18.5 Å². The van der Waals surface area contributed by atoms with E-state index in [0.717, 1.165) is 69.6 Å². The van der Waals surface area contributed by atoms with Gasteiger partial charge in [0.15, 0.2) is 0 Å². The van der Waals surface area contributed by atoms with Crippen molar-refractivity contribution in [3.63, 3.8) is 0 Å². The molecule has 4 fully saturated rings. The molecule has 3 saturated heterocycles. The molecule has 3 aliphatic heterocycles. The minimum atomic E-state index is -0.784. The lowest BCUT2D eigenvalue weighted by Gasteiger charge is -2.46. The van der Waals surface area contributed by atoms with E-state index in [4.69, 9.17) is 4.42 Å². The second kappa shape index (κ2) is 7.57. The molecule has 8 heteroatoms. The predicted molar refractivity (Wildman–Crippen MR) is 104 cm³/mol. The molecule has 2 aromatic heterocycles. The Hall–Kier alpha value is -2.19. The number of hydrogen-bond donors (Lipinski definition) is 3. The van der Waals surface area contributed by atoms with Gasteiger partial charge in [-0.15, -0.1) is 5.10 Å². The van der Waals surface area contributed by atoms with Gasteiger partial charge in [0.05, 0.1) is 44.6 Å². The zero-order chi connectivity index (χ0) is 19.8. The largest absolute Gasteiger partial charge is 0.467 e. The molecular weight excluding hydrogens is 370 g/mol. The van der Waals surface area contributed by atoms with Crippen molar-refractivity contribution in [3.8, 4) is 0 Å². The van der Waals surface area contributed by atoms with Gasteiger partial charge in [-0.2, -0.15) is 0 Å². The molecule has 0 spiro atoms. The van der Waals surface area contributed by atoms with E-state index in [1.54, 1.807) is 6.26 Å². The van der Waals surface area contributed by atoms with Crippen molar-refractivity contribution in [2.24, 2.45) is 11.8 Å². The molecule has 1 amide bonds. The van der Waals surface area contributed by atoms with Crippen molar-refractivity contribution in [1.82, 2.24) is 20.3 Å². The summed E-state index contributed by atoms with van der Waals surface area (Å²) < 4.78 is 7.21. The SMILES string of the molecule is O=C(NCc1ccco1)[C@H]1C[NH+]2CC[C@@H]1C[C@@H]2Cn1cc(C2(O)CCCC2)nn1. The summed E-state index contributed by atoms with van der Waals surface area (Å²) in [4.78, 5) is 14.2. The van der Waals surface area contributed by atoms with Crippen molar-refractivity contribution in [2.75, 3.05) is 13.1 Å². The summed E-state index contributed by atoms with van der Waals surface area (Å²) in [7, 11) is 0. The standard InChI is InChI=1S/C21H29N5O3/c27-20(22-11-17-4-3-9-29-17)18-13-25-8-5-15(18)10-16(25)12-26-14-19(23-24-26)21(28)6-1-2-7-21/h3-4,9,14-16,18,28H,1-2,5-8,10-13H2,(H,22,27)/p+1/t15-,16-,18+/m1/s1. The first kappa shape index (κ1) is 18.8. The lowest BCUT2D eigenvalue weighted by Crippen LogP contribution is -3.20. The van der Waals surface area contributed by atoms with Crippen LogP contribution in [0.25, 0.3) is 0 Å². The third-order valence-electron chi connectivity index (χ3n) is 7.26. The number of piperidine rings is 3. The normalized spacial score (nSPS) is 30.5. The molecule has 1 saturated carbocycles. The molecule has 8 nitrogen and oxygen atoms in total. The molecule has 2 aromatic rings. The van der Waals surface area contributed by atoms with Gasteiger partial charge in [-0.05, 0) is 30.9 Å². The van der Waals surface area contributed by atoms with Gasteiger partial charge in [0, 0.05) is 12.8 Å². The number of aromatic nitrogens is 3. The molecule has 29 heavy (non-hydrogen) atoms. The van der Waals surface area contributed by atoms with Gasteiger partial charge in [0.2, 0.25) is 5.91 Å². The summed E-state index contributed by atoms with van der Waals surface area (Å²) in [5.74, 6) is 1.44. The minimum absolute atomic E-state index is 0.0791. The fourth-order valence-electron chi connectivity index (χ4n) is 5.58. The van der Waals surface area contributed by atoms with E-state index in [9.17, 15) is 9.90 Å². The molecule has 1 aliphatic carbocycles. The van der Waals surface area contributed by atoms with Crippen molar-refractivity contribution < 1.29 is 19.2 Å². The Morgan fingerprint density at radius 3 is 3.00 bits per heavy atom. The maximum absolute atomic E-state index is 12.7. The molecule has 4 atom stereocenters. The summed E-state index contributed by atoms with van der Waals surface area (Å²) in [6.07, 6.45) is 9.37. The zero-order valence-electron chi connectivity index (χ0n) is 16.7. The Kier molecular flexibility index (Phi) is 4.91. The van der Waals surface area contributed by atoms with Crippen molar-refractivity contribution in [3.05, 3.63) is 36.0 Å². The Labute approximate surface area is 170 Å².